The van der Waals surface area contributed by atoms with Crippen LogP contribution in [0.15, 0.2) is 24.3 Å². The largest absolute Gasteiger partial charge is 0.390 e. The Morgan fingerprint density at radius 3 is 2.52 bits per heavy atom. The summed E-state index contributed by atoms with van der Waals surface area (Å²) in [5.41, 5.74) is 7.44. The lowest BCUT2D eigenvalue weighted by Crippen LogP contribution is -2.38. The minimum absolute atomic E-state index is 0.0132. The van der Waals surface area contributed by atoms with Crippen molar-refractivity contribution in [3.63, 3.8) is 0 Å². The highest BCUT2D eigenvalue weighted by molar-refractivity contribution is 6.18. The Bertz CT molecular complexity index is 458. The molecule has 0 aromatic heterocycles. The summed E-state index contributed by atoms with van der Waals surface area (Å²) in [5, 5.41) is 12.5. The van der Waals surface area contributed by atoms with Gasteiger partial charge in [-0.1, -0.05) is 0 Å². The van der Waals surface area contributed by atoms with Crippen LogP contribution < -0.4 is 16.0 Å². The van der Waals surface area contributed by atoms with E-state index in [1.807, 2.05) is 24.3 Å². The number of nitrogens with zero attached hydrogens (tertiary/aromatic N) is 1. The van der Waals surface area contributed by atoms with E-state index >= 15 is 0 Å². The van der Waals surface area contributed by atoms with Crippen LogP contribution in [0.4, 0.5) is 11.4 Å². The number of benzene rings is 1. The number of nitrogens with two attached hydrogens (primary N) is 1. The molecule has 0 saturated carbocycles. The van der Waals surface area contributed by atoms with Gasteiger partial charge >= 0.3 is 0 Å². The quantitative estimate of drug-likeness (QED) is 0.694. The summed E-state index contributed by atoms with van der Waals surface area (Å²) in [4.78, 5) is 13.4. The third-order valence-electron chi connectivity index (χ3n) is 3.85. The molecule has 1 atom stereocenters. The number of piperidine rings is 1. The summed E-state index contributed by atoms with van der Waals surface area (Å²) in [6, 6.07) is 8.05. The summed E-state index contributed by atoms with van der Waals surface area (Å²) in [5.74, 6) is 0.0474. The van der Waals surface area contributed by atoms with Crippen LogP contribution in [0.25, 0.3) is 0 Å². The number of carbonyl (C=O) groups excluding carboxylic acids is 1. The molecule has 1 aliphatic heterocycles. The van der Waals surface area contributed by atoms with Crippen LogP contribution in [-0.4, -0.2) is 42.6 Å². The highest BCUT2D eigenvalue weighted by atomic mass is 35.5. The van der Waals surface area contributed by atoms with E-state index in [1.54, 1.807) is 0 Å². The lowest BCUT2D eigenvalue weighted by atomic mass is 9.96. The van der Waals surface area contributed by atoms with Gasteiger partial charge in [0.25, 0.3) is 0 Å². The van der Waals surface area contributed by atoms with Gasteiger partial charge in [-0.3, -0.25) is 4.79 Å². The predicted octanol–water partition coefficient (Wildman–Crippen LogP) is 1.40. The van der Waals surface area contributed by atoms with Gasteiger partial charge in [0.15, 0.2) is 0 Å². The van der Waals surface area contributed by atoms with Gasteiger partial charge < -0.3 is 21.1 Å². The first-order chi connectivity index (χ1) is 10.1. The molecule has 5 nitrogen and oxygen atoms in total. The van der Waals surface area contributed by atoms with Crippen LogP contribution in [0.5, 0.6) is 0 Å². The second-order valence-electron chi connectivity index (χ2n) is 5.40. The Morgan fingerprint density at radius 2 is 2.00 bits per heavy atom. The predicted molar refractivity (Wildman–Crippen MR) is 85.8 cm³/mol. The van der Waals surface area contributed by atoms with Crippen molar-refractivity contribution in [3.8, 4) is 0 Å². The van der Waals surface area contributed by atoms with Gasteiger partial charge in [0.2, 0.25) is 5.91 Å². The molecule has 21 heavy (non-hydrogen) atoms. The van der Waals surface area contributed by atoms with Gasteiger partial charge in [-0.2, -0.15) is 0 Å². The molecule has 0 radical (unpaired) electrons. The average Bonchev–Trinajstić information content (AvgIpc) is 2.53. The minimum Gasteiger partial charge on any atom is -0.390 e. The van der Waals surface area contributed by atoms with Crippen LogP contribution in [0, 0.1) is 5.92 Å². The van der Waals surface area contributed by atoms with E-state index in [2.05, 4.69) is 10.2 Å². The molecule has 0 spiro atoms. The monoisotopic (exact) mass is 311 g/mol. The Labute approximate surface area is 130 Å². The molecule has 1 aromatic rings. The first-order valence-electron chi connectivity index (χ1n) is 7.22. The molecule has 6 heteroatoms. The van der Waals surface area contributed by atoms with E-state index in [1.165, 1.54) is 0 Å². The summed E-state index contributed by atoms with van der Waals surface area (Å²) >= 11 is 5.55. The van der Waals surface area contributed by atoms with Crippen LogP contribution in [-0.2, 0) is 4.79 Å². The van der Waals surface area contributed by atoms with Crippen molar-refractivity contribution in [3.05, 3.63) is 24.3 Å². The zero-order valence-corrected chi connectivity index (χ0v) is 12.7. The zero-order valence-electron chi connectivity index (χ0n) is 12.0. The van der Waals surface area contributed by atoms with Crippen molar-refractivity contribution < 1.29 is 9.90 Å². The van der Waals surface area contributed by atoms with Crippen molar-refractivity contribution in [2.75, 3.05) is 35.7 Å². The first-order valence-corrected chi connectivity index (χ1v) is 7.76. The van der Waals surface area contributed by atoms with Gasteiger partial charge in [-0.15, -0.1) is 11.6 Å². The number of hydrogen-bond donors (Lipinski definition) is 3. The molecule has 1 fully saturated rings. The number of nitrogens with one attached hydrogen (secondary N) is 1. The molecular weight excluding hydrogens is 290 g/mol. The number of primary amides is 1. The van der Waals surface area contributed by atoms with Crippen LogP contribution in [0.1, 0.15) is 12.8 Å². The van der Waals surface area contributed by atoms with E-state index in [9.17, 15) is 9.90 Å². The molecule has 1 amide bonds. The van der Waals surface area contributed by atoms with Crippen molar-refractivity contribution in [1.29, 1.82) is 0 Å². The second-order valence-corrected chi connectivity index (χ2v) is 5.71. The van der Waals surface area contributed by atoms with E-state index in [-0.39, 0.29) is 17.7 Å². The van der Waals surface area contributed by atoms with Gasteiger partial charge in [-0.25, -0.2) is 0 Å². The molecule has 0 bridgehead atoms. The van der Waals surface area contributed by atoms with Crippen molar-refractivity contribution >= 4 is 28.9 Å². The molecule has 1 aromatic carbocycles. The fraction of sp³-hybridized carbons (Fsp3) is 0.533. The molecule has 1 saturated heterocycles. The Morgan fingerprint density at radius 1 is 1.38 bits per heavy atom. The van der Waals surface area contributed by atoms with Crippen LogP contribution >= 0.6 is 11.6 Å². The summed E-state index contributed by atoms with van der Waals surface area (Å²) < 4.78 is 0. The molecular formula is C15H22ClN3O2. The maximum atomic E-state index is 11.2. The van der Waals surface area contributed by atoms with E-state index in [0.29, 0.717) is 6.54 Å². The highest BCUT2D eigenvalue weighted by Gasteiger charge is 2.23. The molecule has 2 rings (SSSR count). The molecule has 4 N–H and O–H groups in total. The van der Waals surface area contributed by atoms with Gasteiger partial charge in [0.1, 0.15) is 0 Å². The van der Waals surface area contributed by atoms with E-state index in [4.69, 9.17) is 17.3 Å². The number of aliphatic hydroxyl groups excluding tert-OH is 1. The number of alkyl halides is 1. The van der Waals surface area contributed by atoms with Crippen molar-refractivity contribution in [2.24, 2.45) is 11.7 Å². The number of rotatable bonds is 6. The van der Waals surface area contributed by atoms with Crippen molar-refractivity contribution in [2.45, 2.75) is 18.9 Å². The van der Waals surface area contributed by atoms with E-state index < -0.39 is 6.10 Å². The molecule has 0 aliphatic carbocycles. The Kier molecular flexibility index (Phi) is 5.70. The highest BCUT2D eigenvalue weighted by Crippen LogP contribution is 2.24. The molecule has 1 aliphatic rings. The lowest BCUT2D eigenvalue weighted by Gasteiger charge is -2.32. The minimum atomic E-state index is -0.542. The molecule has 1 unspecified atom stereocenters. The number of amides is 1. The maximum absolute atomic E-state index is 11.2. The lowest BCUT2D eigenvalue weighted by molar-refractivity contribution is -0.122. The summed E-state index contributed by atoms with van der Waals surface area (Å²) in [6.07, 6.45) is 1.09. The van der Waals surface area contributed by atoms with Gasteiger partial charge in [0.05, 0.1) is 12.0 Å². The Hall–Kier alpha value is -1.46. The average molecular weight is 312 g/mol. The number of aliphatic hydroxyl groups is 1. The van der Waals surface area contributed by atoms with Gasteiger partial charge in [0, 0.05) is 36.9 Å². The standard InChI is InChI=1S/C15H22ClN3O2/c16-9-14(20)10-18-12-1-3-13(4-2-12)19-7-5-11(6-8-19)15(17)21/h1-4,11,14,18,20H,5-10H2,(H2,17,21). The number of anilines is 2. The number of hydrogen-bond acceptors (Lipinski definition) is 4. The molecule has 1 heterocycles. The third kappa shape index (κ3) is 4.51. The SMILES string of the molecule is NC(=O)C1CCN(c2ccc(NCC(O)CCl)cc2)CC1. The van der Waals surface area contributed by atoms with Crippen molar-refractivity contribution in [1.82, 2.24) is 0 Å². The smallest absolute Gasteiger partial charge is 0.220 e. The molecule has 116 valence electrons. The normalized spacial score (nSPS) is 17.5. The summed E-state index contributed by atoms with van der Waals surface area (Å²) in [6.45, 7) is 2.14. The number of halogens is 1. The van der Waals surface area contributed by atoms with E-state index in [0.717, 1.165) is 37.3 Å². The van der Waals surface area contributed by atoms with Gasteiger partial charge in [-0.05, 0) is 37.1 Å². The van der Waals surface area contributed by atoms with Crippen LogP contribution in [0.2, 0.25) is 0 Å². The second kappa shape index (κ2) is 7.52. The topological polar surface area (TPSA) is 78.6 Å². The van der Waals surface area contributed by atoms with Crippen LogP contribution in [0.3, 0.4) is 0 Å². The Balaban J connectivity index is 1.86. The fourth-order valence-electron chi connectivity index (χ4n) is 2.50. The third-order valence-corrected chi connectivity index (χ3v) is 4.21. The fourth-order valence-corrected chi connectivity index (χ4v) is 2.61. The number of carbonyl (C=O) groups is 1. The maximum Gasteiger partial charge on any atom is 0.220 e. The zero-order chi connectivity index (χ0) is 15.2. The summed E-state index contributed by atoms with van der Waals surface area (Å²) in [7, 11) is 0. The first kappa shape index (κ1) is 15.9.